The summed E-state index contributed by atoms with van der Waals surface area (Å²) in [6.07, 6.45) is 4.22. The van der Waals surface area contributed by atoms with Crippen LogP contribution < -0.4 is 5.32 Å². The SMILES string of the molecule is CCN(CC(=O)NC1CCN(C(C)=O)CC1)C1CC1. The Hall–Kier alpha value is -1.10. The fourth-order valence-electron chi connectivity index (χ4n) is 2.74. The molecule has 1 saturated heterocycles. The Morgan fingerprint density at radius 2 is 1.84 bits per heavy atom. The van der Waals surface area contributed by atoms with Crippen LogP contribution in [0.15, 0.2) is 0 Å². The summed E-state index contributed by atoms with van der Waals surface area (Å²) < 4.78 is 0. The van der Waals surface area contributed by atoms with Crippen molar-refractivity contribution >= 4 is 11.8 Å². The van der Waals surface area contributed by atoms with Gasteiger partial charge >= 0.3 is 0 Å². The minimum Gasteiger partial charge on any atom is -0.352 e. The highest BCUT2D eigenvalue weighted by atomic mass is 16.2. The van der Waals surface area contributed by atoms with Crippen molar-refractivity contribution in [1.29, 1.82) is 0 Å². The fraction of sp³-hybridized carbons (Fsp3) is 0.857. The molecular weight excluding hydrogens is 242 g/mol. The lowest BCUT2D eigenvalue weighted by atomic mass is 10.1. The number of hydrogen-bond acceptors (Lipinski definition) is 3. The van der Waals surface area contributed by atoms with Crippen LogP contribution >= 0.6 is 0 Å². The summed E-state index contributed by atoms with van der Waals surface area (Å²) in [6.45, 7) is 6.71. The van der Waals surface area contributed by atoms with Gasteiger partial charge in [0.2, 0.25) is 11.8 Å². The summed E-state index contributed by atoms with van der Waals surface area (Å²) in [5.74, 6) is 0.269. The van der Waals surface area contributed by atoms with Crippen molar-refractivity contribution in [3.05, 3.63) is 0 Å². The van der Waals surface area contributed by atoms with Crippen LogP contribution in [0.4, 0.5) is 0 Å². The molecule has 5 nitrogen and oxygen atoms in total. The van der Waals surface area contributed by atoms with E-state index in [1.807, 2.05) is 4.90 Å². The number of rotatable bonds is 5. The second kappa shape index (κ2) is 6.37. The molecule has 0 aromatic carbocycles. The van der Waals surface area contributed by atoms with Gasteiger partial charge in [-0.05, 0) is 32.2 Å². The van der Waals surface area contributed by atoms with Crippen LogP contribution in [0.2, 0.25) is 0 Å². The van der Waals surface area contributed by atoms with E-state index in [2.05, 4.69) is 17.1 Å². The molecule has 19 heavy (non-hydrogen) atoms. The minimum atomic E-state index is 0.134. The Kier molecular flexibility index (Phi) is 4.80. The minimum absolute atomic E-state index is 0.134. The van der Waals surface area contributed by atoms with Crippen molar-refractivity contribution in [3.8, 4) is 0 Å². The van der Waals surface area contributed by atoms with E-state index in [0.29, 0.717) is 12.6 Å². The lowest BCUT2D eigenvalue weighted by Gasteiger charge is -2.32. The maximum absolute atomic E-state index is 12.0. The fourth-order valence-corrected chi connectivity index (χ4v) is 2.74. The highest BCUT2D eigenvalue weighted by Crippen LogP contribution is 2.26. The van der Waals surface area contributed by atoms with Crippen LogP contribution in [0, 0.1) is 0 Å². The Balaban J connectivity index is 1.69. The number of piperidine rings is 1. The van der Waals surface area contributed by atoms with Crippen molar-refractivity contribution in [1.82, 2.24) is 15.1 Å². The molecule has 0 bridgehead atoms. The Morgan fingerprint density at radius 1 is 1.21 bits per heavy atom. The molecule has 1 N–H and O–H groups in total. The molecule has 0 unspecified atom stereocenters. The monoisotopic (exact) mass is 267 g/mol. The number of likely N-dealkylation sites (N-methyl/N-ethyl adjacent to an activating group) is 1. The van der Waals surface area contributed by atoms with Crippen molar-refractivity contribution in [3.63, 3.8) is 0 Å². The molecule has 2 fully saturated rings. The smallest absolute Gasteiger partial charge is 0.234 e. The lowest BCUT2D eigenvalue weighted by molar-refractivity contribution is -0.130. The van der Waals surface area contributed by atoms with E-state index in [1.54, 1.807) is 6.92 Å². The molecule has 0 spiro atoms. The van der Waals surface area contributed by atoms with Crippen molar-refractivity contribution in [2.24, 2.45) is 0 Å². The molecule has 0 atom stereocenters. The van der Waals surface area contributed by atoms with Crippen molar-refractivity contribution < 1.29 is 9.59 Å². The molecule has 108 valence electrons. The summed E-state index contributed by atoms with van der Waals surface area (Å²) in [5.41, 5.74) is 0. The quantitative estimate of drug-likeness (QED) is 0.793. The zero-order valence-electron chi connectivity index (χ0n) is 12.0. The van der Waals surface area contributed by atoms with E-state index >= 15 is 0 Å². The second-order valence-electron chi connectivity index (χ2n) is 5.64. The van der Waals surface area contributed by atoms with Gasteiger partial charge < -0.3 is 10.2 Å². The van der Waals surface area contributed by atoms with Crippen LogP contribution in [-0.4, -0.2) is 59.9 Å². The van der Waals surface area contributed by atoms with Crippen LogP contribution in [0.3, 0.4) is 0 Å². The molecule has 1 saturated carbocycles. The molecule has 1 heterocycles. The molecule has 2 rings (SSSR count). The standard InChI is InChI=1S/C14H25N3O2/c1-3-16(13-4-5-13)10-14(19)15-12-6-8-17(9-7-12)11(2)18/h12-13H,3-10H2,1-2H3,(H,15,19). The molecule has 1 aliphatic heterocycles. The largest absolute Gasteiger partial charge is 0.352 e. The predicted molar refractivity (Wildman–Crippen MR) is 73.7 cm³/mol. The normalized spacial score (nSPS) is 20.7. The third kappa shape index (κ3) is 4.20. The van der Waals surface area contributed by atoms with E-state index in [0.717, 1.165) is 32.5 Å². The number of nitrogens with zero attached hydrogens (tertiary/aromatic N) is 2. The van der Waals surface area contributed by atoms with Crippen molar-refractivity contribution in [2.75, 3.05) is 26.2 Å². The van der Waals surface area contributed by atoms with Gasteiger partial charge in [0.25, 0.3) is 0 Å². The van der Waals surface area contributed by atoms with Gasteiger partial charge in [-0.3, -0.25) is 14.5 Å². The average molecular weight is 267 g/mol. The Morgan fingerprint density at radius 3 is 2.32 bits per heavy atom. The second-order valence-corrected chi connectivity index (χ2v) is 5.64. The number of carbonyl (C=O) groups is 2. The van der Waals surface area contributed by atoms with E-state index in [9.17, 15) is 9.59 Å². The van der Waals surface area contributed by atoms with E-state index < -0.39 is 0 Å². The predicted octanol–water partition coefficient (Wildman–Crippen LogP) is 0.598. The van der Waals surface area contributed by atoms with Gasteiger partial charge in [0.1, 0.15) is 0 Å². The van der Waals surface area contributed by atoms with E-state index in [4.69, 9.17) is 0 Å². The maximum Gasteiger partial charge on any atom is 0.234 e. The lowest BCUT2D eigenvalue weighted by Crippen LogP contribution is -2.48. The summed E-state index contributed by atoms with van der Waals surface area (Å²) >= 11 is 0. The first-order valence-electron chi connectivity index (χ1n) is 7.39. The van der Waals surface area contributed by atoms with Crippen LogP contribution in [0.1, 0.15) is 39.5 Å². The first-order valence-corrected chi connectivity index (χ1v) is 7.39. The van der Waals surface area contributed by atoms with E-state index in [1.165, 1.54) is 12.8 Å². The number of carbonyl (C=O) groups excluding carboxylic acids is 2. The molecule has 5 heteroatoms. The van der Waals surface area contributed by atoms with Crippen LogP contribution in [0.5, 0.6) is 0 Å². The topological polar surface area (TPSA) is 52.7 Å². The summed E-state index contributed by atoms with van der Waals surface area (Å²) in [6, 6.07) is 0.872. The number of nitrogens with one attached hydrogen (secondary N) is 1. The van der Waals surface area contributed by atoms with Crippen molar-refractivity contribution in [2.45, 2.75) is 51.6 Å². The van der Waals surface area contributed by atoms with Gasteiger partial charge in [0, 0.05) is 32.1 Å². The summed E-state index contributed by atoms with van der Waals surface area (Å²) in [4.78, 5) is 27.3. The number of hydrogen-bond donors (Lipinski definition) is 1. The average Bonchev–Trinajstić information content (AvgIpc) is 3.21. The first kappa shape index (κ1) is 14.3. The van der Waals surface area contributed by atoms with E-state index in [-0.39, 0.29) is 17.9 Å². The molecule has 2 amide bonds. The summed E-state index contributed by atoms with van der Waals surface area (Å²) in [7, 11) is 0. The zero-order valence-corrected chi connectivity index (χ0v) is 12.0. The van der Waals surface area contributed by atoms with Gasteiger partial charge in [-0.1, -0.05) is 6.92 Å². The van der Waals surface area contributed by atoms with Gasteiger partial charge in [-0.15, -0.1) is 0 Å². The zero-order chi connectivity index (χ0) is 13.8. The highest BCUT2D eigenvalue weighted by molar-refractivity contribution is 5.78. The Bertz CT molecular complexity index is 334. The number of amides is 2. The van der Waals surface area contributed by atoms with Crippen LogP contribution in [-0.2, 0) is 9.59 Å². The molecule has 0 radical (unpaired) electrons. The third-order valence-electron chi connectivity index (χ3n) is 4.12. The first-order chi connectivity index (χ1) is 9.10. The molecule has 1 aliphatic carbocycles. The molecule has 2 aliphatic rings. The summed E-state index contributed by atoms with van der Waals surface area (Å²) in [5, 5.41) is 3.11. The molecular formula is C14H25N3O2. The maximum atomic E-state index is 12.0. The highest BCUT2D eigenvalue weighted by Gasteiger charge is 2.29. The van der Waals surface area contributed by atoms with Gasteiger partial charge in [-0.25, -0.2) is 0 Å². The van der Waals surface area contributed by atoms with Crippen LogP contribution in [0.25, 0.3) is 0 Å². The van der Waals surface area contributed by atoms with Gasteiger partial charge in [0.15, 0.2) is 0 Å². The van der Waals surface area contributed by atoms with Gasteiger partial charge in [0.05, 0.1) is 6.54 Å². The third-order valence-corrected chi connectivity index (χ3v) is 4.12. The molecule has 0 aromatic rings. The van der Waals surface area contributed by atoms with Gasteiger partial charge in [-0.2, -0.15) is 0 Å². The Labute approximate surface area is 115 Å². The molecule has 0 aromatic heterocycles. The number of likely N-dealkylation sites (tertiary alicyclic amines) is 1.